The molecule has 0 unspecified atom stereocenters. The van der Waals surface area contributed by atoms with Crippen molar-refractivity contribution in [3.8, 4) is 11.5 Å². The monoisotopic (exact) mass is 228 g/mol. The minimum Gasteiger partial charge on any atom is -0.335 e. The highest BCUT2D eigenvalue weighted by Gasteiger charge is 2.08. The zero-order chi connectivity index (χ0) is 11.7. The summed E-state index contributed by atoms with van der Waals surface area (Å²) in [7, 11) is 0. The van der Waals surface area contributed by atoms with Gasteiger partial charge in [0.25, 0.3) is 0 Å². The molecule has 3 N–H and O–H groups in total. The fourth-order valence-corrected chi connectivity index (χ4v) is 1.72. The van der Waals surface area contributed by atoms with Gasteiger partial charge in [0, 0.05) is 25.5 Å². The second-order valence-electron chi connectivity index (χ2n) is 3.75. The number of rotatable bonds is 3. The van der Waals surface area contributed by atoms with Crippen LogP contribution in [-0.4, -0.2) is 31.0 Å². The topological polar surface area (TPSA) is 85.4 Å². The minimum absolute atomic E-state index is 0.595. The van der Waals surface area contributed by atoms with Gasteiger partial charge in [0.05, 0.1) is 11.8 Å². The molecule has 17 heavy (non-hydrogen) atoms. The van der Waals surface area contributed by atoms with Gasteiger partial charge in [-0.05, 0) is 12.1 Å². The zero-order valence-corrected chi connectivity index (χ0v) is 9.17. The summed E-state index contributed by atoms with van der Waals surface area (Å²) in [6, 6.07) is 3.81. The molecule has 0 spiro atoms. The predicted molar refractivity (Wildman–Crippen MR) is 64.2 cm³/mol. The van der Waals surface area contributed by atoms with E-state index in [1.165, 1.54) is 0 Å². The molecule has 0 aliphatic carbocycles. The van der Waals surface area contributed by atoms with E-state index in [1.54, 1.807) is 12.5 Å². The first-order valence-corrected chi connectivity index (χ1v) is 5.40. The number of fused-ring (bicyclic) bond motifs is 1. The van der Waals surface area contributed by atoms with Crippen molar-refractivity contribution in [2.45, 2.75) is 6.54 Å². The molecule has 0 atom stereocenters. The summed E-state index contributed by atoms with van der Waals surface area (Å²) >= 11 is 0. The molecule has 3 aromatic heterocycles. The molecule has 3 rings (SSSR count). The molecule has 0 amide bonds. The molecule has 0 saturated heterocycles. The number of hydrogen-bond donors (Lipinski definition) is 2. The lowest BCUT2D eigenvalue weighted by Gasteiger charge is -1.94. The van der Waals surface area contributed by atoms with E-state index in [4.69, 9.17) is 5.73 Å². The highest BCUT2D eigenvalue weighted by molar-refractivity contribution is 5.74. The van der Waals surface area contributed by atoms with E-state index in [1.807, 2.05) is 22.9 Å². The van der Waals surface area contributed by atoms with Crippen LogP contribution in [0.4, 0.5) is 0 Å². The highest BCUT2D eigenvalue weighted by Crippen LogP contribution is 2.16. The molecular formula is C11H12N6. The van der Waals surface area contributed by atoms with Crippen molar-refractivity contribution >= 4 is 11.2 Å². The fourth-order valence-electron chi connectivity index (χ4n) is 1.72. The lowest BCUT2D eigenvalue weighted by atomic mass is 10.4. The summed E-state index contributed by atoms with van der Waals surface area (Å²) in [5, 5.41) is 0. The van der Waals surface area contributed by atoms with Crippen LogP contribution >= 0.6 is 0 Å². The third-order valence-electron chi connectivity index (χ3n) is 2.52. The second kappa shape index (κ2) is 3.99. The molecule has 86 valence electrons. The minimum atomic E-state index is 0.595. The van der Waals surface area contributed by atoms with Crippen LogP contribution in [0.3, 0.4) is 0 Å². The lowest BCUT2D eigenvalue weighted by molar-refractivity contribution is 0.708. The maximum Gasteiger partial charge on any atom is 0.178 e. The van der Waals surface area contributed by atoms with E-state index < -0.39 is 0 Å². The largest absolute Gasteiger partial charge is 0.335 e. The highest BCUT2D eigenvalue weighted by atomic mass is 15.1. The van der Waals surface area contributed by atoms with Gasteiger partial charge in [-0.15, -0.1) is 0 Å². The van der Waals surface area contributed by atoms with Crippen LogP contribution in [0.15, 0.2) is 30.9 Å². The molecule has 0 radical (unpaired) electrons. The summed E-state index contributed by atoms with van der Waals surface area (Å²) < 4.78 is 1.94. The van der Waals surface area contributed by atoms with Crippen molar-refractivity contribution in [2.24, 2.45) is 5.73 Å². The van der Waals surface area contributed by atoms with Gasteiger partial charge in [-0.25, -0.2) is 15.0 Å². The van der Waals surface area contributed by atoms with Crippen molar-refractivity contribution in [3.05, 3.63) is 30.9 Å². The standard InChI is InChI=1S/C11H12N6/c12-3-5-17-6-9(14-7-17)11-15-8-2-1-4-13-10(8)16-11/h1-2,4,6-7H,3,5,12H2,(H,13,15,16). The summed E-state index contributed by atoms with van der Waals surface area (Å²) in [6.45, 7) is 1.35. The molecule has 0 fully saturated rings. The zero-order valence-electron chi connectivity index (χ0n) is 9.17. The molecule has 0 aliphatic rings. The molecular weight excluding hydrogens is 216 g/mol. The van der Waals surface area contributed by atoms with Crippen LogP contribution in [0.2, 0.25) is 0 Å². The Labute approximate surface area is 97.5 Å². The third kappa shape index (κ3) is 1.78. The first-order chi connectivity index (χ1) is 8.36. The van der Waals surface area contributed by atoms with Gasteiger partial charge < -0.3 is 15.3 Å². The maximum atomic E-state index is 5.49. The SMILES string of the molecule is NCCn1cnc(-c2nc3ncccc3[nH]2)c1. The molecule has 6 nitrogen and oxygen atoms in total. The van der Waals surface area contributed by atoms with Gasteiger partial charge in [-0.1, -0.05) is 0 Å². The Morgan fingerprint density at radius 3 is 3.12 bits per heavy atom. The first-order valence-electron chi connectivity index (χ1n) is 5.40. The van der Waals surface area contributed by atoms with Gasteiger partial charge in [0.1, 0.15) is 5.69 Å². The Kier molecular flexibility index (Phi) is 2.34. The van der Waals surface area contributed by atoms with Gasteiger partial charge in [-0.2, -0.15) is 0 Å². The number of nitrogens with two attached hydrogens (primary N) is 1. The van der Waals surface area contributed by atoms with Crippen LogP contribution < -0.4 is 5.73 Å². The summed E-state index contributed by atoms with van der Waals surface area (Å²) in [5.41, 5.74) is 7.91. The normalized spacial score (nSPS) is 11.1. The Morgan fingerprint density at radius 1 is 1.35 bits per heavy atom. The quantitative estimate of drug-likeness (QED) is 0.693. The van der Waals surface area contributed by atoms with E-state index in [0.29, 0.717) is 12.2 Å². The average Bonchev–Trinajstić information content (AvgIpc) is 2.94. The van der Waals surface area contributed by atoms with E-state index in [0.717, 1.165) is 23.6 Å². The fraction of sp³-hybridized carbons (Fsp3) is 0.182. The van der Waals surface area contributed by atoms with Gasteiger partial charge >= 0.3 is 0 Å². The number of imidazole rings is 2. The van der Waals surface area contributed by atoms with Gasteiger partial charge in [-0.3, -0.25) is 0 Å². The van der Waals surface area contributed by atoms with E-state index in [-0.39, 0.29) is 0 Å². The Balaban J connectivity index is 2.01. The van der Waals surface area contributed by atoms with Crippen LogP contribution in [0.5, 0.6) is 0 Å². The predicted octanol–water partition coefficient (Wildman–Crippen LogP) is 0.780. The Hall–Kier alpha value is -2.21. The number of aromatic nitrogens is 5. The van der Waals surface area contributed by atoms with Crippen LogP contribution in [0, 0.1) is 0 Å². The number of nitrogens with zero attached hydrogens (tertiary/aromatic N) is 4. The summed E-state index contributed by atoms with van der Waals surface area (Å²) in [5.74, 6) is 0.731. The summed E-state index contributed by atoms with van der Waals surface area (Å²) in [4.78, 5) is 16.0. The van der Waals surface area contributed by atoms with Crippen molar-refractivity contribution in [1.82, 2.24) is 24.5 Å². The van der Waals surface area contributed by atoms with Crippen LogP contribution in [0.25, 0.3) is 22.7 Å². The number of hydrogen-bond acceptors (Lipinski definition) is 4. The van der Waals surface area contributed by atoms with Crippen LogP contribution in [-0.2, 0) is 6.54 Å². The van der Waals surface area contributed by atoms with E-state index in [9.17, 15) is 0 Å². The van der Waals surface area contributed by atoms with Gasteiger partial charge in [0.2, 0.25) is 0 Å². The first kappa shape index (κ1) is 9.98. The lowest BCUT2D eigenvalue weighted by Crippen LogP contribution is -2.07. The number of nitrogens with one attached hydrogen (secondary N) is 1. The smallest absolute Gasteiger partial charge is 0.178 e. The summed E-state index contributed by atoms with van der Waals surface area (Å²) in [6.07, 6.45) is 5.40. The Bertz CT molecular complexity index is 605. The number of H-pyrrole nitrogens is 1. The maximum absolute atomic E-state index is 5.49. The molecule has 0 aliphatic heterocycles. The average molecular weight is 228 g/mol. The van der Waals surface area contributed by atoms with E-state index >= 15 is 0 Å². The molecule has 3 aromatic rings. The molecule has 3 heterocycles. The number of pyridine rings is 1. The van der Waals surface area contributed by atoms with E-state index in [2.05, 4.69) is 19.9 Å². The molecule has 0 bridgehead atoms. The Morgan fingerprint density at radius 2 is 2.29 bits per heavy atom. The second-order valence-corrected chi connectivity index (χ2v) is 3.75. The molecule has 0 aromatic carbocycles. The third-order valence-corrected chi connectivity index (χ3v) is 2.52. The van der Waals surface area contributed by atoms with Gasteiger partial charge in [0.15, 0.2) is 11.5 Å². The van der Waals surface area contributed by atoms with Crippen molar-refractivity contribution in [1.29, 1.82) is 0 Å². The van der Waals surface area contributed by atoms with Crippen molar-refractivity contribution in [3.63, 3.8) is 0 Å². The number of aromatic amines is 1. The molecule has 6 heteroatoms. The van der Waals surface area contributed by atoms with Crippen molar-refractivity contribution < 1.29 is 0 Å². The van der Waals surface area contributed by atoms with Crippen LogP contribution in [0.1, 0.15) is 0 Å². The van der Waals surface area contributed by atoms with Crippen molar-refractivity contribution in [2.75, 3.05) is 6.54 Å². The molecule has 0 saturated carbocycles.